The Hall–Kier alpha value is -0.320. The Labute approximate surface area is 135 Å². The zero-order valence-corrected chi connectivity index (χ0v) is 14.0. The van der Waals surface area contributed by atoms with E-state index in [1.807, 2.05) is 0 Å². The SMILES string of the molecule is CCOC(CN1CCN(C)CC1)c1ccccc1.Cl.Cl. The Morgan fingerprint density at radius 2 is 1.65 bits per heavy atom. The van der Waals surface area contributed by atoms with Crippen LogP contribution in [-0.2, 0) is 4.74 Å². The van der Waals surface area contributed by atoms with Gasteiger partial charge in [0.25, 0.3) is 0 Å². The van der Waals surface area contributed by atoms with Crippen molar-refractivity contribution in [3.05, 3.63) is 35.9 Å². The van der Waals surface area contributed by atoms with Gasteiger partial charge in [0.1, 0.15) is 0 Å². The van der Waals surface area contributed by atoms with E-state index in [1.54, 1.807) is 0 Å². The molecule has 1 aliphatic rings. The minimum Gasteiger partial charge on any atom is -0.372 e. The molecule has 0 amide bonds. The van der Waals surface area contributed by atoms with Gasteiger partial charge in [0.05, 0.1) is 6.10 Å². The van der Waals surface area contributed by atoms with Crippen LogP contribution in [0.5, 0.6) is 0 Å². The monoisotopic (exact) mass is 320 g/mol. The lowest BCUT2D eigenvalue weighted by atomic mass is 10.1. The van der Waals surface area contributed by atoms with Crippen LogP contribution in [0.3, 0.4) is 0 Å². The minimum atomic E-state index is 0. The van der Waals surface area contributed by atoms with E-state index in [0.717, 1.165) is 39.3 Å². The molecule has 1 atom stereocenters. The fourth-order valence-electron chi connectivity index (χ4n) is 2.39. The van der Waals surface area contributed by atoms with E-state index in [0.29, 0.717) is 0 Å². The second kappa shape index (κ2) is 10.4. The van der Waals surface area contributed by atoms with Crippen LogP contribution in [0.25, 0.3) is 0 Å². The second-order valence-corrected chi connectivity index (χ2v) is 4.96. The number of hydrogen-bond donors (Lipinski definition) is 0. The first-order valence-electron chi connectivity index (χ1n) is 6.87. The molecule has 5 heteroatoms. The normalized spacial score (nSPS) is 17.9. The summed E-state index contributed by atoms with van der Waals surface area (Å²) >= 11 is 0. The van der Waals surface area contributed by atoms with Crippen LogP contribution < -0.4 is 0 Å². The zero-order chi connectivity index (χ0) is 12.8. The largest absolute Gasteiger partial charge is 0.372 e. The predicted octanol–water partition coefficient (Wildman–Crippen LogP) is 2.86. The molecule has 0 aliphatic carbocycles. The van der Waals surface area contributed by atoms with Crippen LogP contribution in [0.2, 0.25) is 0 Å². The van der Waals surface area contributed by atoms with Gasteiger partial charge in [0, 0.05) is 39.3 Å². The third-order valence-electron chi connectivity index (χ3n) is 3.56. The van der Waals surface area contributed by atoms with E-state index in [1.165, 1.54) is 5.56 Å². The van der Waals surface area contributed by atoms with Crippen molar-refractivity contribution < 1.29 is 4.74 Å². The molecule has 2 rings (SSSR count). The van der Waals surface area contributed by atoms with E-state index in [4.69, 9.17) is 4.74 Å². The summed E-state index contributed by atoms with van der Waals surface area (Å²) in [4.78, 5) is 4.89. The summed E-state index contributed by atoms with van der Waals surface area (Å²) in [5.74, 6) is 0. The van der Waals surface area contributed by atoms with Crippen LogP contribution in [0.1, 0.15) is 18.6 Å². The highest BCUT2D eigenvalue weighted by molar-refractivity contribution is 5.85. The molecule has 1 unspecified atom stereocenters. The van der Waals surface area contributed by atoms with Gasteiger partial charge in [-0.3, -0.25) is 4.90 Å². The molecule has 1 aromatic rings. The maximum atomic E-state index is 5.90. The number of nitrogens with zero attached hydrogens (tertiary/aromatic N) is 2. The van der Waals surface area contributed by atoms with Gasteiger partial charge in [-0.15, -0.1) is 24.8 Å². The number of ether oxygens (including phenoxy) is 1. The maximum absolute atomic E-state index is 5.90. The van der Waals surface area contributed by atoms with Crippen molar-refractivity contribution in [2.75, 3.05) is 46.4 Å². The smallest absolute Gasteiger partial charge is 0.0951 e. The van der Waals surface area contributed by atoms with Crippen molar-refractivity contribution in [3.8, 4) is 0 Å². The summed E-state index contributed by atoms with van der Waals surface area (Å²) < 4.78 is 5.90. The number of piperazine rings is 1. The first kappa shape index (κ1) is 19.7. The van der Waals surface area contributed by atoms with E-state index in [2.05, 4.69) is 54.1 Å². The summed E-state index contributed by atoms with van der Waals surface area (Å²) in [7, 11) is 2.19. The molecule has 0 bridgehead atoms. The quantitative estimate of drug-likeness (QED) is 0.829. The van der Waals surface area contributed by atoms with Crippen molar-refractivity contribution in [1.29, 1.82) is 0 Å². The van der Waals surface area contributed by atoms with Crippen molar-refractivity contribution in [2.24, 2.45) is 0 Å². The highest BCUT2D eigenvalue weighted by atomic mass is 35.5. The molecule has 0 saturated carbocycles. The Morgan fingerprint density at radius 3 is 2.20 bits per heavy atom. The summed E-state index contributed by atoms with van der Waals surface area (Å²) in [6, 6.07) is 10.6. The van der Waals surface area contributed by atoms with Gasteiger partial charge in [-0.2, -0.15) is 0 Å². The molecule has 116 valence electrons. The Bertz CT molecular complexity index is 343. The second-order valence-electron chi connectivity index (χ2n) is 4.96. The summed E-state index contributed by atoms with van der Waals surface area (Å²) in [5.41, 5.74) is 1.29. The molecule has 0 N–H and O–H groups in total. The third-order valence-corrected chi connectivity index (χ3v) is 3.56. The summed E-state index contributed by atoms with van der Waals surface area (Å²) in [6.45, 7) is 8.46. The molecule has 20 heavy (non-hydrogen) atoms. The van der Waals surface area contributed by atoms with Crippen molar-refractivity contribution in [2.45, 2.75) is 13.0 Å². The van der Waals surface area contributed by atoms with Crippen molar-refractivity contribution in [3.63, 3.8) is 0 Å². The lowest BCUT2D eigenvalue weighted by molar-refractivity contribution is 0.0209. The molecule has 1 heterocycles. The van der Waals surface area contributed by atoms with Gasteiger partial charge in [-0.05, 0) is 19.5 Å². The van der Waals surface area contributed by atoms with Gasteiger partial charge in [-0.1, -0.05) is 30.3 Å². The molecule has 1 fully saturated rings. The van der Waals surface area contributed by atoms with Gasteiger partial charge < -0.3 is 9.64 Å². The van der Waals surface area contributed by atoms with Crippen molar-refractivity contribution in [1.82, 2.24) is 9.80 Å². The fraction of sp³-hybridized carbons (Fsp3) is 0.600. The van der Waals surface area contributed by atoms with Crippen LogP contribution in [0, 0.1) is 0 Å². The number of likely N-dealkylation sites (N-methyl/N-ethyl adjacent to an activating group) is 1. The molecule has 1 aromatic carbocycles. The minimum absolute atomic E-state index is 0. The molecule has 3 nitrogen and oxygen atoms in total. The van der Waals surface area contributed by atoms with Crippen LogP contribution >= 0.6 is 24.8 Å². The molecular formula is C15H26Cl2N2O. The Morgan fingerprint density at radius 1 is 1.05 bits per heavy atom. The van der Waals surface area contributed by atoms with E-state index in [9.17, 15) is 0 Å². The van der Waals surface area contributed by atoms with Gasteiger partial charge in [0.15, 0.2) is 0 Å². The van der Waals surface area contributed by atoms with Crippen molar-refractivity contribution >= 4 is 24.8 Å². The predicted molar refractivity (Wildman–Crippen MR) is 89.2 cm³/mol. The molecule has 1 aliphatic heterocycles. The summed E-state index contributed by atoms with van der Waals surface area (Å²) in [6.07, 6.45) is 0.208. The molecule has 0 aromatic heterocycles. The van der Waals surface area contributed by atoms with Gasteiger partial charge in [0.2, 0.25) is 0 Å². The molecule has 1 saturated heterocycles. The molecule has 0 spiro atoms. The van der Waals surface area contributed by atoms with E-state index < -0.39 is 0 Å². The zero-order valence-electron chi connectivity index (χ0n) is 12.3. The Kier molecular flexibility index (Phi) is 10.2. The van der Waals surface area contributed by atoms with E-state index >= 15 is 0 Å². The maximum Gasteiger partial charge on any atom is 0.0951 e. The number of halogens is 2. The van der Waals surface area contributed by atoms with Crippen LogP contribution in [-0.4, -0.2) is 56.2 Å². The van der Waals surface area contributed by atoms with Crippen LogP contribution in [0.4, 0.5) is 0 Å². The van der Waals surface area contributed by atoms with Gasteiger partial charge in [-0.25, -0.2) is 0 Å². The average molecular weight is 321 g/mol. The molecule has 0 radical (unpaired) electrons. The first-order valence-corrected chi connectivity index (χ1v) is 6.87. The number of rotatable bonds is 5. The standard InChI is InChI=1S/C15H24N2O.2ClH/c1-3-18-15(14-7-5-4-6-8-14)13-17-11-9-16(2)10-12-17;;/h4-8,15H,3,9-13H2,1-2H3;2*1H. The lowest BCUT2D eigenvalue weighted by Gasteiger charge is -2.34. The Balaban J connectivity index is 0.00000180. The van der Waals surface area contributed by atoms with Crippen LogP contribution in [0.15, 0.2) is 30.3 Å². The topological polar surface area (TPSA) is 15.7 Å². The first-order chi connectivity index (χ1) is 8.79. The average Bonchev–Trinajstić information content (AvgIpc) is 2.42. The number of benzene rings is 1. The van der Waals surface area contributed by atoms with Gasteiger partial charge >= 0.3 is 0 Å². The number of hydrogen-bond acceptors (Lipinski definition) is 3. The molecular weight excluding hydrogens is 295 g/mol. The van der Waals surface area contributed by atoms with E-state index in [-0.39, 0.29) is 30.9 Å². The fourth-order valence-corrected chi connectivity index (χ4v) is 2.39. The summed E-state index contributed by atoms with van der Waals surface area (Å²) in [5, 5.41) is 0. The third kappa shape index (κ3) is 5.98. The highest BCUT2D eigenvalue weighted by Gasteiger charge is 2.19. The lowest BCUT2D eigenvalue weighted by Crippen LogP contribution is -2.46. The highest BCUT2D eigenvalue weighted by Crippen LogP contribution is 2.19.